The highest BCUT2D eigenvalue weighted by Gasteiger charge is 2.31. The van der Waals surface area contributed by atoms with Gasteiger partial charge in [0.15, 0.2) is 6.61 Å². The first-order valence-electron chi connectivity index (χ1n) is 8.29. The van der Waals surface area contributed by atoms with Crippen LogP contribution in [0.15, 0.2) is 18.2 Å². The molecule has 1 amide bonds. The summed E-state index contributed by atoms with van der Waals surface area (Å²) >= 11 is 5.86. The fourth-order valence-corrected chi connectivity index (χ4v) is 4.00. The van der Waals surface area contributed by atoms with Gasteiger partial charge in [-0.2, -0.15) is 13.2 Å². The van der Waals surface area contributed by atoms with Crippen LogP contribution < -0.4 is 10.1 Å². The molecule has 1 aromatic rings. The minimum absolute atomic E-state index is 0.00766. The van der Waals surface area contributed by atoms with E-state index in [1.165, 1.54) is 22.5 Å². The predicted molar refractivity (Wildman–Crippen MR) is 95.4 cm³/mol. The van der Waals surface area contributed by atoms with E-state index in [4.69, 9.17) is 16.3 Å². The number of nitrogens with one attached hydrogen (secondary N) is 1. The maximum absolute atomic E-state index is 12.5. The monoisotopic (exact) mass is 428 g/mol. The molecule has 0 spiro atoms. The summed E-state index contributed by atoms with van der Waals surface area (Å²) in [7, 11) is -3.31. The van der Waals surface area contributed by atoms with Crippen LogP contribution in [0.5, 0.6) is 5.75 Å². The van der Waals surface area contributed by atoms with Gasteiger partial charge in [-0.15, -0.1) is 0 Å². The van der Waals surface area contributed by atoms with E-state index >= 15 is 0 Å². The van der Waals surface area contributed by atoms with Gasteiger partial charge in [-0.05, 0) is 38.0 Å². The number of anilines is 1. The second kappa shape index (κ2) is 8.66. The Labute approximate surface area is 160 Å². The van der Waals surface area contributed by atoms with E-state index in [9.17, 15) is 26.4 Å². The molecule has 0 aliphatic carbocycles. The van der Waals surface area contributed by atoms with Gasteiger partial charge in [0, 0.05) is 24.0 Å². The van der Waals surface area contributed by atoms with Crippen molar-refractivity contribution >= 4 is 33.2 Å². The molecule has 1 aliphatic rings. The van der Waals surface area contributed by atoms with Gasteiger partial charge in [0.25, 0.3) is 0 Å². The van der Waals surface area contributed by atoms with Crippen molar-refractivity contribution in [2.75, 3.05) is 30.8 Å². The van der Waals surface area contributed by atoms with E-state index < -0.39 is 34.6 Å². The molecule has 0 atom stereocenters. The zero-order valence-corrected chi connectivity index (χ0v) is 16.1. The second-order valence-electron chi connectivity index (χ2n) is 6.11. The minimum Gasteiger partial charge on any atom is -0.482 e. The van der Waals surface area contributed by atoms with Crippen molar-refractivity contribution in [2.45, 2.75) is 25.9 Å². The van der Waals surface area contributed by atoms with Crippen LogP contribution in [0.1, 0.15) is 19.8 Å². The Hall–Kier alpha value is -1.52. The van der Waals surface area contributed by atoms with Crippen LogP contribution in [-0.2, 0) is 14.8 Å². The number of nitrogens with zero attached hydrogens (tertiary/aromatic N) is 1. The van der Waals surface area contributed by atoms with Crippen LogP contribution in [-0.4, -0.2) is 50.3 Å². The number of hydrogen-bond acceptors (Lipinski definition) is 4. The average molecular weight is 429 g/mol. The molecule has 1 N–H and O–H groups in total. The van der Waals surface area contributed by atoms with Gasteiger partial charge in [0.2, 0.25) is 15.9 Å². The van der Waals surface area contributed by atoms with Crippen LogP contribution in [0.2, 0.25) is 5.02 Å². The predicted octanol–water partition coefficient (Wildman–Crippen LogP) is 3.28. The fourth-order valence-electron chi connectivity index (χ4n) is 2.70. The molecule has 1 heterocycles. The number of rotatable bonds is 6. The number of carbonyl (C=O) groups is 1. The van der Waals surface area contributed by atoms with Crippen LogP contribution in [0.25, 0.3) is 0 Å². The van der Waals surface area contributed by atoms with Crippen molar-refractivity contribution in [1.82, 2.24) is 4.31 Å². The first-order chi connectivity index (χ1) is 12.5. The van der Waals surface area contributed by atoms with Crippen LogP contribution in [0.4, 0.5) is 18.9 Å². The summed E-state index contributed by atoms with van der Waals surface area (Å²) < 4.78 is 66.9. The van der Waals surface area contributed by atoms with E-state index in [0.29, 0.717) is 12.8 Å². The van der Waals surface area contributed by atoms with Crippen molar-refractivity contribution in [1.29, 1.82) is 0 Å². The quantitative estimate of drug-likeness (QED) is 0.754. The summed E-state index contributed by atoms with van der Waals surface area (Å²) in [5.41, 5.74) is 0.0420. The summed E-state index contributed by atoms with van der Waals surface area (Å²) in [6, 6.07) is 3.92. The van der Waals surface area contributed by atoms with Gasteiger partial charge in [0.05, 0.1) is 11.4 Å². The molecular formula is C16H20ClF3N2O4S. The number of sulfonamides is 1. The lowest BCUT2D eigenvalue weighted by atomic mass is 9.97. The first-order valence-corrected chi connectivity index (χ1v) is 10.3. The van der Waals surface area contributed by atoms with Gasteiger partial charge < -0.3 is 10.1 Å². The smallest absolute Gasteiger partial charge is 0.422 e. The standard InChI is InChI=1S/C16H20ClF3N2O4S/c1-2-27(24,25)22-7-5-11(6-8-22)15(23)21-13-9-12(17)3-4-14(13)26-10-16(18,19)20/h3-4,9,11H,2,5-8,10H2,1H3,(H,21,23). The van der Waals surface area contributed by atoms with Crippen molar-refractivity contribution in [3.63, 3.8) is 0 Å². The summed E-state index contributed by atoms with van der Waals surface area (Å²) in [5.74, 6) is -1.02. The molecule has 1 fully saturated rings. The van der Waals surface area contributed by atoms with Crippen LogP contribution in [0.3, 0.4) is 0 Å². The zero-order chi connectivity index (χ0) is 20.2. The summed E-state index contributed by atoms with van der Waals surface area (Å²) in [6.45, 7) is 0.503. The molecular weight excluding hydrogens is 409 g/mol. The Kier molecular flexibility index (Phi) is 6.98. The Balaban J connectivity index is 2.02. The number of halogens is 4. The minimum atomic E-state index is -4.52. The SMILES string of the molecule is CCS(=O)(=O)N1CCC(C(=O)Nc2cc(Cl)ccc2OCC(F)(F)F)CC1. The molecule has 1 saturated heterocycles. The number of alkyl halides is 3. The highest BCUT2D eigenvalue weighted by atomic mass is 35.5. The summed E-state index contributed by atoms with van der Waals surface area (Å²) in [4.78, 5) is 12.5. The zero-order valence-electron chi connectivity index (χ0n) is 14.6. The Morgan fingerprint density at radius 1 is 1.33 bits per heavy atom. The maximum Gasteiger partial charge on any atom is 0.422 e. The van der Waals surface area contributed by atoms with Gasteiger partial charge in [0.1, 0.15) is 5.75 Å². The van der Waals surface area contributed by atoms with E-state index in [1.54, 1.807) is 6.92 Å². The molecule has 6 nitrogen and oxygen atoms in total. The molecule has 152 valence electrons. The summed E-state index contributed by atoms with van der Waals surface area (Å²) in [6.07, 6.45) is -3.87. The molecule has 0 aromatic heterocycles. The Morgan fingerprint density at radius 3 is 2.52 bits per heavy atom. The number of amides is 1. The van der Waals surface area contributed by atoms with Gasteiger partial charge in [-0.3, -0.25) is 4.79 Å². The van der Waals surface area contributed by atoms with E-state index in [2.05, 4.69) is 5.32 Å². The molecule has 27 heavy (non-hydrogen) atoms. The Bertz CT molecular complexity index is 778. The third kappa shape index (κ3) is 6.25. The lowest BCUT2D eigenvalue weighted by molar-refractivity contribution is -0.153. The van der Waals surface area contributed by atoms with Crippen molar-refractivity contribution in [2.24, 2.45) is 5.92 Å². The molecule has 1 aliphatic heterocycles. The highest BCUT2D eigenvalue weighted by Crippen LogP contribution is 2.31. The molecule has 2 rings (SSSR count). The maximum atomic E-state index is 12.5. The molecule has 1 aromatic carbocycles. The van der Waals surface area contributed by atoms with Crippen molar-refractivity contribution < 1.29 is 31.1 Å². The average Bonchev–Trinajstić information content (AvgIpc) is 2.60. The molecule has 11 heteroatoms. The largest absolute Gasteiger partial charge is 0.482 e. The lowest BCUT2D eigenvalue weighted by Gasteiger charge is -2.30. The number of piperidine rings is 1. The topological polar surface area (TPSA) is 75.7 Å². The third-order valence-corrected chi connectivity index (χ3v) is 6.29. The van der Waals surface area contributed by atoms with E-state index in [1.807, 2.05) is 0 Å². The molecule has 0 unspecified atom stereocenters. The van der Waals surface area contributed by atoms with Crippen LogP contribution in [0, 0.1) is 5.92 Å². The number of carbonyl (C=O) groups excluding carboxylic acids is 1. The number of hydrogen-bond donors (Lipinski definition) is 1. The first kappa shape index (κ1) is 21.8. The van der Waals surface area contributed by atoms with Crippen molar-refractivity contribution in [3.8, 4) is 5.75 Å². The van der Waals surface area contributed by atoms with Gasteiger partial charge in [-0.1, -0.05) is 11.6 Å². The van der Waals surface area contributed by atoms with Gasteiger partial charge >= 0.3 is 6.18 Å². The molecule has 0 bridgehead atoms. The molecule has 0 saturated carbocycles. The fraction of sp³-hybridized carbons (Fsp3) is 0.562. The second-order valence-corrected chi connectivity index (χ2v) is 8.80. The number of ether oxygens (including phenoxy) is 1. The third-order valence-electron chi connectivity index (χ3n) is 4.17. The van der Waals surface area contributed by atoms with Crippen LogP contribution >= 0.6 is 11.6 Å². The Morgan fingerprint density at radius 2 is 1.96 bits per heavy atom. The highest BCUT2D eigenvalue weighted by molar-refractivity contribution is 7.89. The lowest BCUT2D eigenvalue weighted by Crippen LogP contribution is -2.42. The van der Waals surface area contributed by atoms with Crippen molar-refractivity contribution in [3.05, 3.63) is 23.2 Å². The van der Waals surface area contributed by atoms with E-state index in [0.717, 1.165) is 0 Å². The van der Waals surface area contributed by atoms with E-state index in [-0.39, 0.29) is 35.3 Å². The number of benzene rings is 1. The molecule has 0 radical (unpaired) electrons. The normalized spacial score (nSPS) is 16.9. The van der Waals surface area contributed by atoms with Gasteiger partial charge in [-0.25, -0.2) is 12.7 Å². The summed E-state index contributed by atoms with van der Waals surface area (Å²) in [5, 5.41) is 2.77.